The van der Waals surface area contributed by atoms with Crippen molar-refractivity contribution in [1.82, 2.24) is 24.6 Å². The molecule has 0 radical (unpaired) electrons. The highest BCUT2D eigenvalue weighted by Crippen LogP contribution is 2.24. The molecule has 192 valence electrons. The molecule has 3 aromatic rings. The van der Waals surface area contributed by atoms with Crippen molar-refractivity contribution >= 4 is 34.8 Å². The van der Waals surface area contributed by atoms with Crippen LogP contribution in [-0.2, 0) is 9.59 Å². The van der Waals surface area contributed by atoms with Crippen molar-refractivity contribution in [2.24, 2.45) is 0 Å². The minimum absolute atomic E-state index is 0.0794. The molecular formula is C26H28ClN7O3. The number of hydrogen-bond acceptors (Lipinski definition) is 7. The highest BCUT2D eigenvalue weighted by atomic mass is 35.5. The lowest BCUT2D eigenvalue weighted by atomic mass is 10.1. The number of halogens is 1. The fraction of sp³-hybridized carbons (Fsp3) is 0.346. The van der Waals surface area contributed by atoms with Gasteiger partial charge < -0.3 is 19.6 Å². The number of carbonyl (C=O) groups excluding carboxylic acids is 2. The Balaban J connectivity index is 1.19. The lowest BCUT2D eigenvalue weighted by Gasteiger charge is -2.42. The molecular weight excluding hydrogens is 494 g/mol. The van der Waals surface area contributed by atoms with Crippen LogP contribution in [-0.4, -0.2) is 88.2 Å². The number of para-hydroxylation sites is 1. The summed E-state index contributed by atoms with van der Waals surface area (Å²) in [6.07, 6.45) is 5.07. The van der Waals surface area contributed by atoms with Crippen LogP contribution in [0.3, 0.4) is 0 Å². The van der Waals surface area contributed by atoms with Crippen molar-refractivity contribution in [3.63, 3.8) is 0 Å². The van der Waals surface area contributed by atoms with Gasteiger partial charge in [-0.1, -0.05) is 29.8 Å². The van der Waals surface area contributed by atoms with Crippen LogP contribution in [0.4, 0.5) is 11.4 Å². The Hall–Kier alpha value is -3.92. The third-order valence-corrected chi connectivity index (χ3v) is 7.26. The van der Waals surface area contributed by atoms with Crippen LogP contribution >= 0.6 is 11.6 Å². The number of nitrogens with zero attached hydrogens (tertiary/aromatic N) is 7. The zero-order valence-corrected chi connectivity index (χ0v) is 21.3. The van der Waals surface area contributed by atoms with Crippen molar-refractivity contribution in [2.45, 2.75) is 13.0 Å². The number of anilines is 2. The van der Waals surface area contributed by atoms with Crippen LogP contribution in [0.25, 0.3) is 5.69 Å². The van der Waals surface area contributed by atoms with E-state index in [1.54, 1.807) is 40.5 Å². The molecule has 4 heterocycles. The highest BCUT2D eigenvalue weighted by molar-refractivity contribution is 6.35. The monoisotopic (exact) mass is 521 g/mol. The maximum atomic E-state index is 13.0. The SMILES string of the molecule is CC1CN(C(=O)C(=O)N2CCN(c3cnn(-c4ccccc4)c(=O)c3Cl)CC2)CCN1c1ccncc1. The molecule has 1 aromatic carbocycles. The van der Waals surface area contributed by atoms with Gasteiger partial charge in [-0.2, -0.15) is 9.78 Å². The zero-order chi connectivity index (χ0) is 25.9. The second kappa shape index (κ2) is 10.6. The van der Waals surface area contributed by atoms with E-state index < -0.39 is 17.4 Å². The minimum Gasteiger partial charge on any atom is -0.365 e. The Morgan fingerprint density at radius 2 is 1.51 bits per heavy atom. The molecule has 2 aliphatic rings. The van der Waals surface area contributed by atoms with Crippen LogP contribution in [0.5, 0.6) is 0 Å². The van der Waals surface area contributed by atoms with Crippen LogP contribution in [0.15, 0.2) is 65.8 Å². The van der Waals surface area contributed by atoms with Gasteiger partial charge in [0.2, 0.25) is 0 Å². The summed E-state index contributed by atoms with van der Waals surface area (Å²) in [6.45, 7) is 5.26. The number of amides is 2. The van der Waals surface area contributed by atoms with E-state index in [9.17, 15) is 14.4 Å². The molecule has 0 bridgehead atoms. The van der Waals surface area contributed by atoms with Gasteiger partial charge in [-0.15, -0.1) is 0 Å². The summed E-state index contributed by atoms with van der Waals surface area (Å²) in [5, 5.41) is 4.37. The highest BCUT2D eigenvalue weighted by Gasteiger charge is 2.34. The van der Waals surface area contributed by atoms with Crippen molar-refractivity contribution in [1.29, 1.82) is 0 Å². The molecule has 37 heavy (non-hydrogen) atoms. The van der Waals surface area contributed by atoms with Gasteiger partial charge in [-0.05, 0) is 31.2 Å². The molecule has 2 aromatic heterocycles. The third kappa shape index (κ3) is 5.01. The lowest BCUT2D eigenvalue weighted by Crippen LogP contribution is -2.58. The summed E-state index contributed by atoms with van der Waals surface area (Å²) in [4.78, 5) is 50.3. The van der Waals surface area contributed by atoms with E-state index in [1.165, 1.54) is 4.68 Å². The minimum atomic E-state index is -0.493. The zero-order valence-electron chi connectivity index (χ0n) is 20.5. The third-order valence-electron chi connectivity index (χ3n) is 6.90. The fourth-order valence-corrected chi connectivity index (χ4v) is 5.13. The Labute approximate surface area is 219 Å². The molecule has 5 rings (SSSR count). The Bertz CT molecular complexity index is 1330. The first-order chi connectivity index (χ1) is 17.9. The molecule has 1 atom stereocenters. The Morgan fingerprint density at radius 3 is 2.19 bits per heavy atom. The first-order valence-corrected chi connectivity index (χ1v) is 12.6. The Morgan fingerprint density at radius 1 is 0.865 bits per heavy atom. The summed E-state index contributed by atoms with van der Waals surface area (Å²) in [5.74, 6) is -0.965. The van der Waals surface area contributed by atoms with Gasteiger partial charge >= 0.3 is 11.8 Å². The number of carbonyl (C=O) groups is 2. The molecule has 10 nitrogen and oxygen atoms in total. The van der Waals surface area contributed by atoms with E-state index in [-0.39, 0.29) is 11.1 Å². The topological polar surface area (TPSA) is 94.9 Å². The first kappa shape index (κ1) is 24.8. The molecule has 2 saturated heterocycles. The summed E-state index contributed by atoms with van der Waals surface area (Å²) in [6, 6.07) is 13.1. The number of rotatable bonds is 3. The van der Waals surface area contributed by atoms with Gasteiger partial charge in [0.15, 0.2) is 0 Å². The van der Waals surface area contributed by atoms with Crippen LogP contribution in [0.2, 0.25) is 5.02 Å². The van der Waals surface area contributed by atoms with E-state index in [1.807, 2.05) is 42.2 Å². The van der Waals surface area contributed by atoms with Crippen LogP contribution in [0.1, 0.15) is 6.92 Å². The fourth-order valence-electron chi connectivity index (χ4n) is 4.88. The average molecular weight is 522 g/mol. The maximum Gasteiger partial charge on any atom is 0.312 e. The van der Waals surface area contributed by atoms with Crippen LogP contribution < -0.4 is 15.4 Å². The predicted molar refractivity (Wildman–Crippen MR) is 141 cm³/mol. The molecule has 0 spiro atoms. The quantitative estimate of drug-likeness (QED) is 0.484. The largest absolute Gasteiger partial charge is 0.365 e. The molecule has 11 heteroatoms. The first-order valence-electron chi connectivity index (χ1n) is 12.3. The van der Waals surface area contributed by atoms with Crippen LogP contribution in [0, 0.1) is 0 Å². The van der Waals surface area contributed by atoms with Crippen molar-refractivity contribution in [2.75, 3.05) is 55.6 Å². The normalized spacial score (nSPS) is 18.2. The molecule has 0 N–H and O–H groups in total. The number of aromatic nitrogens is 3. The van der Waals surface area contributed by atoms with Crippen molar-refractivity contribution < 1.29 is 9.59 Å². The maximum absolute atomic E-state index is 13.0. The molecule has 1 unspecified atom stereocenters. The summed E-state index contributed by atoms with van der Waals surface area (Å²) in [7, 11) is 0. The second-order valence-corrected chi connectivity index (χ2v) is 9.55. The number of pyridine rings is 1. The van der Waals surface area contributed by atoms with E-state index in [0.29, 0.717) is 57.2 Å². The van der Waals surface area contributed by atoms with E-state index in [0.717, 1.165) is 5.69 Å². The van der Waals surface area contributed by atoms with Gasteiger partial charge in [-0.25, -0.2) is 0 Å². The molecule has 2 fully saturated rings. The molecule has 2 amide bonds. The lowest BCUT2D eigenvalue weighted by molar-refractivity contribution is -0.152. The Kier molecular flexibility index (Phi) is 7.09. The van der Waals surface area contributed by atoms with Crippen molar-refractivity contribution in [3.05, 3.63) is 76.4 Å². The molecule has 0 saturated carbocycles. The summed E-state index contributed by atoms with van der Waals surface area (Å²) >= 11 is 6.44. The van der Waals surface area contributed by atoms with Gasteiger partial charge in [0, 0.05) is 69.9 Å². The second-order valence-electron chi connectivity index (χ2n) is 9.17. The molecule has 0 aliphatic carbocycles. The molecule has 2 aliphatic heterocycles. The van der Waals surface area contributed by atoms with Gasteiger partial charge in [-0.3, -0.25) is 19.4 Å². The van der Waals surface area contributed by atoms with E-state index in [4.69, 9.17) is 11.6 Å². The summed E-state index contributed by atoms with van der Waals surface area (Å²) in [5.41, 5.74) is 1.81. The van der Waals surface area contributed by atoms with Gasteiger partial charge in [0.05, 0.1) is 17.6 Å². The number of piperazine rings is 2. The predicted octanol–water partition coefficient (Wildman–Crippen LogP) is 1.67. The van der Waals surface area contributed by atoms with E-state index in [2.05, 4.69) is 15.0 Å². The average Bonchev–Trinajstić information content (AvgIpc) is 2.94. The van der Waals surface area contributed by atoms with Gasteiger partial charge in [0.1, 0.15) is 5.02 Å². The van der Waals surface area contributed by atoms with Gasteiger partial charge in [0.25, 0.3) is 5.56 Å². The van der Waals surface area contributed by atoms with Crippen molar-refractivity contribution in [3.8, 4) is 5.69 Å². The van der Waals surface area contributed by atoms with E-state index >= 15 is 0 Å². The summed E-state index contributed by atoms with van der Waals surface area (Å²) < 4.78 is 1.26. The standard InChI is InChI=1S/C26H28ClN7O3/c1-19-18-32(15-16-33(19)20-7-9-28-10-8-20)26(37)25(36)31-13-11-30(12-14-31)22-17-29-34(24(35)23(22)27)21-5-3-2-4-6-21/h2-10,17,19H,11-16,18H2,1H3. The number of benzene rings is 1. The smallest absolute Gasteiger partial charge is 0.312 e. The number of hydrogen-bond donors (Lipinski definition) is 0.